The Hall–Kier alpha value is -3.99. The highest BCUT2D eigenvalue weighted by atomic mass is 35.5. The Bertz CT molecular complexity index is 1120. The van der Waals surface area contributed by atoms with Gasteiger partial charge in [0.2, 0.25) is 5.76 Å². The molecule has 1 aromatic heterocycles. The van der Waals surface area contributed by atoms with Crippen LogP contribution < -0.4 is 20.5 Å². The molecule has 1 aromatic carbocycles. The van der Waals surface area contributed by atoms with E-state index in [1.807, 2.05) is 0 Å². The Labute approximate surface area is 186 Å². The summed E-state index contributed by atoms with van der Waals surface area (Å²) < 4.78 is 20.5. The van der Waals surface area contributed by atoms with E-state index in [2.05, 4.69) is 10.1 Å². The van der Waals surface area contributed by atoms with Crippen LogP contribution in [0.4, 0.5) is 4.79 Å². The normalized spacial score (nSPS) is 14.5. The molecule has 1 aliphatic heterocycles. The summed E-state index contributed by atoms with van der Waals surface area (Å²) in [5.41, 5.74) is 5.32. The predicted molar refractivity (Wildman–Crippen MR) is 110 cm³/mol. The summed E-state index contributed by atoms with van der Waals surface area (Å²) in [5, 5.41) is 2.71. The number of imide groups is 1. The lowest BCUT2D eigenvalue weighted by Gasteiger charge is -2.13. The fraction of sp³-hybridized carbons (Fsp3) is 0.200. The van der Waals surface area contributed by atoms with Gasteiger partial charge in [0.1, 0.15) is 11.5 Å². The number of methoxy groups -OCH3 is 2. The third kappa shape index (κ3) is 4.83. The average Bonchev–Trinajstić information content (AvgIpc) is 3.32. The monoisotopic (exact) mass is 463 g/mol. The van der Waals surface area contributed by atoms with Gasteiger partial charge < -0.3 is 29.7 Å². The van der Waals surface area contributed by atoms with Gasteiger partial charge in [0.05, 0.1) is 20.8 Å². The molecule has 0 bridgehead atoms. The number of nitrogens with one attached hydrogen (secondary N) is 1. The summed E-state index contributed by atoms with van der Waals surface area (Å²) in [6.45, 7) is -0.662. The minimum Gasteiger partial charge on any atom is -0.493 e. The number of benzene rings is 1. The maximum Gasteiger partial charge on any atom is 0.373 e. The van der Waals surface area contributed by atoms with Crippen LogP contribution >= 0.6 is 11.6 Å². The number of rotatable bonds is 8. The highest BCUT2D eigenvalue weighted by Crippen LogP contribution is 2.36. The Balaban J connectivity index is 1.88. The van der Waals surface area contributed by atoms with Gasteiger partial charge in [0.15, 0.2) is 18.1 Å². The van der Waals surface area contributed by atoms with Crippen molar-refractivity contribution >= 4 is 41.5 Å². The molecule has 32 heavy (non-hydrogen) atoms. The van der Waals surface area contributed by atoms with Gasteiger partial charge in [-0.25, -0.2) is 9.59 Å². The first kappa shape index (κ1) is 22.7. The number of nitrogens with two attached hydrogens (primary N) is 1. The van der Waals surface area contributed by atoms with Gasteiger partial charge in [-0.2, -0.15) is 0 Å². The van der Waals surface area contributed by atoms with Crippen LogP contribution in [0.2, 0.25) is 5.02 Å². The number of carbonyl (C=O) groups is 4. The molecule has 0 atom stereocenters. The minimum absolute atomic E-state index is 0.0624. The molecule has 12 heteroatoms. The molecule has 2 aromatic rings. The number of halogens is 1. The van der Waals surface area contributed by atoms with Crippen molar-refractivity contribution in [3.8, 4) is 11.5 Å². The van der Waals surface area contributed by atoms with E-state index >= 15 is 0 Å². The molecule has 4 amide bonds. The zero-order valence-electron chi connectivity index (χ0n) is 17.0. The van der Waals surface area contributed by atoms with Gasteiger partial charge >= 0.3 is 12.0 Å². The Morgan fingerprint density at radius 2 is 2.00 bits per heavy atom. The lowest BCUT2D eigenvalue weighted by molar-refractivity contribution is -0.123. The molecular weight excluding hydrogens is 446 g/mol. The number of hydrogen-bond donors (Lipinski definition) is 2. The molecule has 0 radical (unpaired) electrons. The Morgan fingerprint density at radius 3 is 2.66 bits per heavy atom. The van der Waals surface area contributed by atoms with Crippen molar-refractivity contribution in [2.24, 2.45) is 5.73 Å². The summed E-state index contributed by atoms with van der Waals surface area (Å²) >= 11 is 6.10. The van der Waals surface area contributed by atoms with Gasteiger partial charge in [-0.1, -0.05) is 11.6 Å². The summed E-state index contributed by atoms with van der Waals surface area (Å²) in [5.74, 6) is -1.62. The first-order chi connectivity index (χ1) is 15.2. The fourth-order valence-electron chi connectivity index (χ4n) is 2.85. The molecule has 2 heterocycles. The molecule has 1 aliphatic rings. The first-order valence-electron chi connectivity index (χ1n) is 9.03. The van der Waals surface area contributed by atoms with Gasteiger partial charge in [0, 0.05) is 16.7 Å². The van der Waals surface area contributed by atoms with Crippen molar-refractivity contribution in [3.63, 3.8) is 0 Å². The maximum atomic E-state index is 12.8. The number of amides is 4. The lowest BCUT2D eigenvalue weighted by atomic mass is 10.1. The van der Waals surface area contributed by atoms with Crippen LogP contribution in [0.1, 0.15) is 21.9 Å². The quantitative estimate of drug-likeness (QED) is 0.341. The highest BCUT2D eigenvalue weighted by Gasteiger charge is 2.34. The van der Waals surface area contributed by atoms with Crippen molar-refractivity contribution in [2.75, 3.05) is 20.8 Å². The summed E-state index contributed by atoms with van der Waals surface area (Å²) in [6, 6.07) is 5.04. The van der Waals surface area contributed by atoms with E-state index in [4.69, 9.17) is 31.2 Å². The topological polar surface area (TPSA) is 150 Å². The number of furan rings is 1. The van der Waals surface area contributed by atoms with E-state index < -0.39 is 30.4 Å². The van der Waals surface area contributed by atoms with Crippen molar-refractivity contribution in [2.45, 2.75) is 6.54 Å². The predicted octanol–water partition coefficient (Wildman–Crippen LogP) is 1.69. The van der Waals surface area contributed by atoms with Crippen LogP contribution in [-0.2, 0) is 20.9 Å². The van der Waals surface area contributed by atoms with Gasteiger partial charge in [-0.3, -0.25) is 14.5 Å². The van der Waals surface area contributed by atoms with Crippen molar-refractivity contribution < 1.29 is 37.8 Å². The van der Waals surface area contributed by atoms with Crippen LogP contribution in [0, 0.1) is 0 Å². The van der Waals surface area contributed by atoms with Crippen LogP contribution in [-0.4, -0.2) is 49.5 Å². The number of ether oxygens (including phenoxy) is 3. The number of hydrogen-bond acceptors (Lipinski definition) is 8. The number of primary amides is 1. The summed E-state index contributed by atoms with van der Waals surface area (Å²) in [6.07, 6.45) is 1.33. The second kappa shape index (κ2) is 9.43. The maximum absolute atomic E-state index is 12.8. The van der Waals surface area contributed by atoms with Gasteiger partial charge in [-0.05, 0) is 24.3 Å². The third-order valence-electron chi connectivity index (χ3n) is 4.25. The molecule has 0 spiro atoms. The average molecular weight is 464 g/mol. The summed E-state index contributed by atoms with van der Waals surface area (Å²) in [7, 11) is 2.57. The second-order valence-electron chi connectivity index (χ2n) is 6.42. The van der Waals surface area contributed by atoms with E-state index in [1.165, 1.54) is 44.6 Å². The zero-order chi connectivity index (χ0) is 23.4. The SMILES string of the molecule is COC(=O)c1ccc(CN2C(=O)N/C(=C/c3cc(Cl)cc(OC)c3OCC(N)=O)C2=O)o1. The second-order valence-corrected chi connectivity index (χ2v) is 6.85. The Kier molecular flexibility index (Phi) is 6.69. The van der Waals surface area contributed by atoms with Crippen LogP contribution in [0.15, 0.2) is 34.4 Å². The molecule has 1 saturated heterocycles. The van der Waals surface area contributed by atoms with E-state index in [-0.39, 0.29) is 45.8 Å². The van der Waals surface area contributed by atoms with Gasteiger partial charge in [0.25, 0.3) is 11.8 Å². The molecular formula is C20H18ClN3O8. The number of nitrogens with zero attached hydrogens (tertiary/aromatic N) is 1. The molecule has 0 aliphatic carbocycles. The number of esters is 1. The van der Waals surface area contributed by atoms with E-state index in [0.717, 1.165) is 4.90 Å². The van der Waals surface area contributed by atoms with Crippen LogP contribution in [0.25, 0.3) is 6.08 Å². The molecule has 0 saturated carbocycles. The number of urea groups is 1. The molecule has 1 fully saturated rings. The van der Waals surface area contributed by atoms with E-state index in [1.54, 1.807) is 0 Å². The Morgan fingerprint density at radius 1 is 1.25 bits per heavy atom. The summed E-state index contributed by atoms with van der Waals surface area (Å²) in [4.78, 5) is 48.7. The van der Waals surface area contributed by atoms with Crippen molar-refractivity contribution in [1.29, 1.82) is 0 Å². The third-order valence-corrected chi connectivity index (χ3v) is 4.47. The standard InChI is InChI=1S/C20H18ClN3O8/c1-29-15-7-11(21)5-10(17(15)31-9-16(22)25)6-13-18(26)24(20(28)23-13)8-12-3-4-14(32-12)19(27)30-2/h3-7H,8-9H2,1-2H3,(H2,22,25)(H,23,28)/b13-6+. The van der Waals surface area contributed by atoms with E-state index in [0.29, 0.717) is 0 Å². The van der Waals surface area contributed by atoms with Gasteiger partial charge in [-0.15, -0.1) is 0 Å². The van der Waals surface area contributed by atoms with E-state index in [9.17, 15) is 19.2 Å². The van der Waals surface area contributed by atoms with Crippen molar-refractivity contribution in [3.05, 3.63) is 52.1 Å². The highest BCUT2D eigenvalue weighted by molar-refractivity contribution is 6.31. The molecule has 3 rings (SSSR count). The first-order valence-corrected chi connectivity index (χ1v) is 9.41. The van der Waals surface area contributed by atoms with Crippen LogP contribution in [0.5, 0.6) is 11.5 Å². The molecule has 0 unspecified atom stereocenters. The minimum atomic E-state index is -0.721. The largest absolute Gasteiger partial charge is 0.493 e. The molecule has 11 nitrogen and oxygen atoms in total. The lowest BCUT2D eigenvalue weighted by Crippen LogP contribution is -2.30. The smallest absolute Gasteiger partial charge is 0.373 e. The molecule has 168 valence electrons. The fourth-order valence-corrected chi connectivity index (χ4v) is 3.06. The number of carbonyl (C=O) groups excluding carboxylic acids is 4. The van der Waals surface area contributed by atoms with Crippen LogP contribution in [0.3, 0.4) is 0 Å². The zero-order valence-corrected chi connectivity index (χ0v) is 17.7. The van der Waals surface area contributed by atoms with Crippen molar-refractivity contribution in [1.82, 2.24) is 10.2 Å². The molecule has 3 N–H and O–H groups in total.